The molecule has 2 N–H and O–H groups in total. The average molecular weight is 212 g/mol. The zero-order valence-electron chi connectivity index (χ0n) is 7.69. The van der Waals surface area contributed by atoms with E-state index in [4.69, 9.17) is 0 Å². The molecule has 2 heterocycles. The molecule has 6 heteroatoms. The Balaban J connectivity index is 1.87. The Kier molecular flexibility index (Phi) is 3.03. The predicted octanol–water partition coefficient (Wildman–Crippen LogP) is 0.430. The van der Waals surface area contributed by atoms with Crippen LogP contribution in [0, 0.1) is 0 Å². The molecule has 0 spiro atoms. The minimum absolute atomic E-state index is 0.129. The number of aromatic nitrogens is 3. The van der Waals surface area contributed by atoms with Crippen molar-refractivity contribution >= 4 is 17.7 Å². The second-order valence-electron chi connectivity index (χ2n) is 3.22. The molecule has 14 heavy (non-hydrogen) atoms. The van der Waals surface area contributed by atoms with Crippen molar-refractivity contribution < 1.29 is 4.79 Å². The highest BCUT2D eigenvalue weighted by Gasteiger charge is 2.17. The van der Waals surface area contributed by atoms with Crippen molar-refractivity contribution in [1.82, 2.24) is 20.7 Å². The summed E-state index contributed by atoms with van der Waals surface area (Å²) in [6, 6.07) is 0.306. The topological polar surface area (TPSA) is 70.7 Å². The number of thioether (sulfide) groups is 1. The van der Waals surface area contributed by atoms with Crippen LogP contribution < -0.4 is 5.32 Å². The summed E-state index contributed by atoms with van der Waals surface area (Å²) in [6.45, 7) is 0. The van der Waals surface area contributed by atoms with Crippen molar-refractivity contribution in [2.45, 2.75) is 18.9 Å². The number of aromatic amines is 1. The average Bonchev–Trinajstić information content (AvgIpc) is 2.72. The first-order valence-electron chi connectivity index (χ1n) is 4.60. The molecule has 0 bridgehead atoms. The Hall–Kier alpha value is -1.04. The summed E-state index contributed by atoms with van der Waals surface area (Å²) in [7, 11) is 0. The van der Waals surface area contributed by atoms with Crippen molar-refractivity contribution in [3.63, 3.8) is 0 Å². The van der Waals surface area contributed by atoms with Gasteiger partial charge in [0.05, 0.1) is 6.20 Å². The van der Waals surface area contributed by atoms with E-state index in [-0.39, 0.29) is 5.91 Å². The monoisotopic (exact) mass is 212 g/mol. The molecule has 1 aliphatic rings. The zero-order valence-corrected chi connectivity index (χ0v) is 8.51. The second-order valence-corrected chi connectivity index (χ2v) is 4.44. The quantitative estimate of drug-likeness (QED) is 0.746. The number of nitrogens with one attached hydrogen (secondary N) is 2. The highest BCUT2D eigenvalue weighted by molar-refractivity contribution is 7.99. The number of rotatable bonds is 2. The molecule has 1 fully saturated rings. The molecule has 76 valence electrons. The summed E-state index contributed by atoms with van der Waals surface area (Å²) in [6.07, 6.45) is 3.54. The van der Waals surface area contributed by atoms with Gasteiger partial charge in [0.2, 0.25) is 0 Å². The standard InChI is InChI=1S/C8H12N4OS/c13-8(7-5-9-12-11-7)10-6-1-3-14-4-2-6/h5-6H,1-4H2,(H,10,13)(H,9,11,12). The first kappa shape index (κ1) is 9.51. The molecule has 0 aliphatic carbocycles. The number of hydrogen-bond donors (Lipinski definition) is 2. The molecular weight excluding hydrogens is 200 g/mol. The maximum Gasteiger partial charge on any atom is 0.273 e. The Morgan fingerprint density at radius 1 is 1.57 bits per heavy atom. The van der Waals surface area contributed by atoms with Gasteiger partial charge in [0.1, 0.15) is 0 Å². The van der Waals surface area contributed by atoms with Crippen LogP contribution in [0.2, 0.25) is 0 Å². The Labute approximate surface area is 86.0 Å². The largest absolute Gasteiger partial charge is 0.348 e. The molecule has 0 atom stereocenters. The summed E-state index contributed by atoms with van der Waals surface area (Å²) >= 11 is 1.94. The number of H-pyrrole nitrogens is 1. The van der Waals surface area contributed by atoms with Gasteiger partial charge in [-0.1, -0.05) is 0 Å². The fraction of sp³-hybridized carbons (Fsp3) is 0.625. The van der Waals surface area contributed by atoms with Crippen molar-refractivity contribution in [2.24, 2.45) is 0 Å². The van der Waals surface area contributed by atoms with Gasteiger partial charge in [0.25, 0.3) is 5.91 Å². The van der Waals surface area contributed by atoms with Gasteiger partial charge in [0, 0.05) is 6.04 Å². The van der Waals surface area contributed by atoms with Crippen molar-refractivity contribution in [1.29, 1.82) is 0 Å². The van der Waals surface area contributed by atoms with Crippen LogP contribution >= 0.6 is 11.8 Å². The number of hydrogen-bond acceptors (Lipinski definition) is 4. The highest BCUT2D eigenvalue weighted by atomic mass is 32.2. The van der Waals surface area contributed by atoms with E-state index >= 15 is 0 Å². The molecule has 0 unspecified atom stereocenters. The molecule has 0 saturated carbocycles. The van der Waals surface area contributed by atoms with Crippen molar-refractivity contribution in [3.05, 3.63) is 11.9 Å². The van der Waals surface area contributed by atoms with E-state index in [1.54, 1.807) is 0 Å². The van der Waals surface area contributed by atoms with Crippen LogP contribution in [-0.2, 0) is 0 Å². The van der Waals surface area contributed by atoms with Crippen LogP contribution in [0.15, 0.2) is 6.20 Å². The molecule has 0 radical (unpaired) electrons. The van der Waals surface area contributed by atoms with Gasteiger partial charge in [-0.15, -0.1) is 0 Å². The lowest BCUT2D eigenvalue weighted by Crippen LogP contribution is -2.37. The lowest BCUT2D eigenvalue weighted by atomic mass is 10.1. The number of amides is 1. The summed E-state index contributed by atoms with van der Waals surface area (Å²) in [5, 5.41) is 12.7. The van der Waals surface area contributed by atoms with Gasteiger partial charge in [0.15, 0.2) is 5.69 Å². The van der Waals surface area contributed by atoms with Gasteiger partial charge in [-0.25, -0.2) is 0 Å². The lowest BCUT2D eigenvalue weighted by Gasteiger charge is -2.21. The molecule has 2 rings (SSSR count). The van der Waals surface area contributed by atoms with E-state index < -0.39 is 0 Å². The van der Waals surface area contributed by atoms with Gasteiger partial charge >= 0.3 is 0 Å². The van der Waals surface area contributed by atoms with E-state index in [1.807, 2.05) is 11.8 Å². The summed E-state index contributed by atoms with van der Waals surface area (Å²) in [5.41, 5.74) is 0.364. The lowest BCUT2D eigenvalue weighted by molar-refractivity contribution is 0.0929. The Bertz CT molecular complexity index is 294. The molecule has 1 aromatic rings. The van der Waals surface area contributed by atoms with E-state index in [9.17, 15) is 4.79 Å². The van der Waals surface area contributed by atoms with E-state index in [2.05, 4.69) is 20.7 Å². The normalized spacial score (nSPS) is 18.0. The molecule has 1 aliphatic heterocycles. The van der Waals surface area contributed by atoms with Crippen LogP contribution in [0.5, 0.6) is 0 Å². The number of carbonyl (C=O) groups is 1. The second kappa shape index (κ2) is 4.45. The first-order chi connectivity index (χ1) is 6.86. The van der Waals surface area contributed by atoms with Crippen LogP contribution in [0.1, 0.15) is 23.3 Å². The van der Waals surface area contributed by atoms with Crippen LogP contribution in [0.3, 0.4) is 0 Å². The van der Waals surface area contributed by atoms with Crippen molar-refractivity contribution in [2.75, 3.05) is 11.5 Å². The minimum atomic E-state index is -0.129. The maximum atomic E-state index is 11.5. The smallest absolute Gasteiger partial charge is 0.273 e. The summed E-state index contributed by atoms with van der Waals surface area (Å²) in [4.78, 5) is 11.5. The molecule has 1 saturated heterocycles. The van der Waals surface area contributed by atoms with E-state index in [0.717, 1.165) is 24.3 Å². The van der Waals surface area contributed by atoms with Crippen LogP contribution in [0.25, 0.3) is 0 Å². The van der Waals surface area contributed by atoms with Crippen molar-refractivity contribution in [3.8, 4) is 0 Å². The third-order valence-electron chi connectivity index (χ3n) is 2.20. The molecule has 1 amide bonds. The van der Waals surface area contributed by atoms with E-state index in [1.165, 1.54) is 6.20 Å². The third-order valence-corrected chi connectivity index (χ3v) is 3.25. The first-order valence-corrected chi connectivity index (χ1v) is 5.76. The fourth-order valence-electron chi connectivity index (χ4n) is 1.41. The van der Waals surface area contributed by atoms with Gasteiger partial charge < -0.3 is 5.32 Å². The van der Waals surface area contributed by atoms with Gasteiger partial charge in [-0.3, -0.25) is 4.79 Å². The zero-order chi connectivity index (χ0) is 9.80. The Morgan fingerprint density at radius 3 is 3.00 bits per heavy atom. The van der Waals surface area contributed by atoms with Crippen LogP contribution in [0.4, 0.5) is 0 Å². The SMILES string of the molecule is O=C(NC1CCSCC1)c1cn[nH]n1. The molecule has 1 aromatic heterocycles. The minimum Gasteiger partial charge on any atom is -0.348 e. The van der Waals surface area contributed by atoms with E-state index in [0.29, 0.717) is 11.7 Å². The Morgan fingerprint density at radius 2 is 2.36 bits per heavy atom. The molecule has 0 aromatic carbocycles. The van der Waals surface area contributed by atoms with Gasteiger partial charge in [-0.2, -0.15) is 27.2 Å². The van der Waals surface area contributed by atoms with Gasteiger partial charge in [-0.05, 0) is 24.3 Å². The highest BCUT2D eigenvalue weighted by Crippen LogP contribution is 2.16. The van der Waals surface area contributed by atoms with Crippen LogP contribution in [-0.4, -0.2) is 38.9 Å². The predicted molar refractivity (Wildman–Crippen MR) is 54.2 cm³/mol. The summed E-state index contributed by atoms with van der Waals surface area (Å²) < 4.78 is 0. The third kappa shape index (κ3) is 2.25. The molecular formula is C8H12N4OS. The summed E-state index contributed by atoms with van der Waals surface area (Å²) in [5.74, 6) is 2.13. The number of carbonyl (C=O) groups excluding carboxylic acids is 1. The fourth-order valence-corrected chi connectivity index (χ4v) is 2.52. The maximum absolute atomic E-state index is 11.5. The molecule has 5 nitrogen and oxygen atoms in total. The number of nitrogens with zero attached hydrogens (tertiary/aromatic N) is 2.